The van der Waals surface area contributed by atoms with Gasteiger partial charge in [0.05, 0.1) is 12.8 Å². The van der Waals surface area contributed by atoms with Crippen LogP contribution in [0.25, 0.3) is 0 Å². The first-order valence-electron chi connectivity index (χ1n) is 6.04. The van der Waals surface area contributed by atoms with E-state index in [1.807, 2.05) is 37.3 Å². The molecule has 0 fully saturated rings. The van der Waals surface area contributed by atoms with E-state index in [1.165, 1.54) is 0 Å². The van der Waals surface area contributed by atoms with E-state index in [-0.39, 0.29) is 0 Å². The van der Waals surface area contributed by atoms with E-state index in [2.05, 4.69) is 20.9 Å². The number of methoxy groups -OCH3 is 1. The molecule has 0 saturated carbocycles. The number of aryl methyl sites for hydroxylation is 1. The van der Waals surface area contributed by atoms with E-state index in [0.717, 1.165) is 27.0 Å². The van der Waals surface area contributed by atoms with Crippen LogP contribution < -0.4 is 4.74 Å². The van der Waals surface area contributed by atoms with Gasteiger partial charge in [0.15, 0.2) is 0 Å². The van der Waals surface area contributed by atoms with E-state index in [9.17, 15) is 5.11 Å². The molecular weight excluding hydrogens is 306 g/mol. The molecule has 19 heavy (non-hydrogen) atoms. The second kappa shape index (κ2) is 6.17. The van der Waals surface area contributed by atoms with Crippen molar-refractivity contribution >= 4 is 15.9 Å². The first-order chi connectivity index (χ1) is 9.11. The van der Waals surface area contributed by atoms with Crippen molar-refractivity contribution in [3.05, 3.63) is 57.8 Å². The second-order valence-corrected chi connectivity index (χ2v) is 5.24. The zero-order valence-corrected chi connectivity index (χ0v) is 12.5. The second-order valence-electron chi connectivity index (χ2n) is 4.38. The molecule has 1 aromatic carbocycles. The van der Waals surface area contributed by atoms with Gasteiger partial charge in [-0.25, -0.2) is 0 Å². The zero-order valence-electron chi connectivity index (χ0n) is 10.9. The highest BCUT2D eigenvalue weighted by Gasteiger charge is 2.14. The monoisotopic (exact) mass is 321 g/mol. The first kappa shape index (κ1) is 14.0. The van der Waals surface area contributed by atoms with E-state index in [0.29, 0.717) is 6.42 Å². The largest absolute Gasteiger partial charge is 0.497 e. The summed E-state index contributed by atoms with van der Waals surface area (Å²) in [6, 6.07) is 9.54. The summed E-state index contributed by atoms with van der Waals surface area (Å²) >= 11 is 3.49. The minimum atomic E-state index is -0.621. The summed E-state index contributed by atoms with van der Waals surface area (Å²) in [5.41, 5.74) is 2.71. The number of nitrogens with zero attached hydrogens (tertiary/aromatic N) is 1. The normalized spacial score (nSPS) is 12.2. The topological polar surface area (TPSA) is 42.4 Å². The van der Waals surface area contributed by atoms with Crippen LogP contribution in [-0.2, 0) is 6.42 Å². The zero-order chi connectivity index (χ0) is 13.8. The summed E-state index contributed by atoms with van der Waals surface area (Å²) in [7, 11) is 1.63. The fraction of sp³-hybridized carbons (Fsp3) is 0.267. The van der Waals surface area contributed by atoms with Crippen LogP contribution in [0.1, 0.15) is 22.9 Å². The lowest BCUT2D eigenvalue weighted by Crippen LogP contribution is -2.06. The average molecular weight is 322 g/mol. The van der Waals surface area contributed by atoms with Gasteiger partial charge in [-0.3, -0.25) is 4.98 Å². The lowest BCUT2D eigenvalue weighted by atomic mass is 10.0. The fourth-order valence-corrected chi connectivity index (χ4v) is 2.39. The minimum Gasteiger partial charge on any atom is -0.497 e. The standard InChI is InChI=1S/C15H16BrNO2/c1-10-4-3-7-17-15(10)14(18)9-11-8-12(19-2)5-6-13(11)16/h3-8,14,18H,9H2,1-2H3. The number of ether oxygens (including phenoxy) is 1. The maximum Gasteiger partial charge on any atom is 0.119 e. The van der Waals surface area contributed by atoms with Crippen LogP contribution in [0.2, 0.25) is 0 Å². The van der Waals surface area contributed by atoms with Crippen molar-refractivity contribution in [2.45, 2.75) is 19.4 Å². The molecule has 0 aliphatic heterocycles. The third-order valence-electron chi connectivity index (χ3n) is 3.03. The van der Waals surface area contributed by atoms with Gasteiger partial charge >= 0.3 is 0 Å². The number of hydrogen-bond donors (Lipinski definition) is 1. The third-order valence-corrected chi connectivity index (χ3v) is 3.81. The maximum absolute atomic E-state index is 10.3. The van der Waals surface area contributed by atoms with Gasteiger partial charge in [0.2, 0.25) is 0 Å². The quantitative estimate of drug-likeness (QED) is 0.938. The van der Waals surface area contributed by atoms with Crippen molar-refractivity contribution in [2.75, 3.05) is 7.11 Å². The molecule has 0 aliphatic carbocycles. The Labute approximate surface area is 121 Å². The number of hydrogen-bond acceptors (Lipinski definition) is 3. The number of aliphatic hydroxyl groups is 1. The molecule has 2 aromatic rings. The van der Waals surface area contributed by atoms with Crippen molar-refractivity contribution in [1.82, 2.24) is 4.98 Å². The molecule has 0 aliphatic rings. The van der Waals surface area contributed by atoms with Gasteiger partial charge < -0.3 is 9.84 Å². The van der Waals surface area contributed by atoms with E-state index < -0.39 is 6.10 Å². The summed E-state index contributed by atoms with van der Waals surface area (Å²) in [5.74, 6) is 0.781. The summed E-state index contributed by atoms with van der Waals surface area (Å²) in [6.07, 6.45) is 1.58. The molecule has 1 atom stereocenters. The molecular formula is C15H16BrNO2. The van der Waals surface area contributed by atoms with Gasteiger partial charge in [-0.05, 0) is 42.3 Å². The van der Waals surface area contributed by atoms with Gasteiger partial charge in [0, 0.05) is 17.1 Å². The van der Waals surface area contributed by atoms with Crippen molar-refractivity contribution in [2.24, 2.45) is 0 Å². The third kappa shape index (κ3) is 3.33. The Bertz CT molecular complexity index is 572. The Morgan fingerprint density at radius 1 is 1.37 bits per heavy atom. The number of aliphatic hydroxyl groups excluding tert-OH is 1. The van der Waals surface area contributed by atoms with Crippen molar-refractivity contribution in [3.8, 4) is 5.75 Å². The number of rotatable bonds is 4. The molecule has 0 radical (unpaired) electrons. The molecule has 100 valence electrons. The predicted octanol–water partition coefficient (Wildman–Crippen LogP) is 3.44. The van der Waals surface area contributed by atoms with Gasteiger partial charge in [-0.2, -0.15) is 0 Å². The van der Waals surface area contributed by atoms with Crippen LogP contribution in [0.15, 0.2) is 41.0 Å². The van der Waals surface area contributed by atoms with E-state index >= 15 is 0 Å². The highest BCUT2D eigenvalue weighted by atomic mass is 79.9. The van der Waals surface area contributed by atoms with Crippen LogP contribution in [-0.4, -0.2) is 17.2 Å². The Morgan fingerprint density at radius 2 is 2.16 bits per heavy atom. The van der Waals surface area contributed by atoms with Crippen molar-refractivity contribution in [3.63, 3.8) is 0 Å². The van der Waals surface area contributed by atoms with Gasteiger partial charge in [-0.15, -0.1) is 0 Å². The Kier molecular flexibility index (Phi) is 4.56. The van der Waals surface area contributed by atoms with E-state index in [4.69, 9.17) is 4.74 Å². The molecule has 0 amide bonds. The number of pyridine rings is 1. The smallest absolute Gasteiger partial charge is 0.119 e. The molecule has 1 heterocycles. The summed E-state index contributed by atoms with van der Waals surface area (Å²) in [4.78, 5) is 4.25. The Hall–Kier alpha value is -1.39. The molecule has 3 nitrogen and oxygen atoms in total. The molecule has 1 unspecified atom stereocenters. The molecule has 0 bridgehead atoms. The van der Waals surface area contributed by atoms with Gasteiger partial charge in [0.1, 0.15) is 11.9 Å². The lowest BCUT2D eigenvalue weighted by molar-refractivity contribution is 0.172. The van der Waals surface area contributed by atoms with Crippen LogP contribution in [0, 0.1) is 6.92 Å². The molecule has 4 heteroatoms. The SMILES string of the molecule is COc1ccc(Br)c(CC(O)c2ncccc2C)c1. The fourth-order valence-electron chi connectivity index (χ4n) is 1.99. The first-order valence-corrected chi connectivity index (χ1v) is 6.83. The summed E-state index contributed by atoms with van der Waals surface area (Å²) in [5, 5.41) is 10.3. The average Bonchev–Trinajstić information content (AvgIpc) is 2.41. The van der Waals surface area contributed by atoms with Crippen LogP contribution in [0.4, 0.5) is 0 Å². The van der Waals surface area contributed by atoms with Crippen LogP contribution in [0.5, 0.6) is 5.75 Å². The maximum atomic E-state index is 10.3. The highest BCUT2D eigenvalue weighted by Crippen LogP contribution is 2.27. The van der Waals surface area contributed by atoms with Gasteiger partial charge in [0.25, 0.3) is 0 Å². The van der Waals surface area contributed by atoms with E-state index in [1.54, 1.807) is 13.3 Å². The number of halogens is 1. The van der Waals surface area contributed by atoms with Crippen molar-refractivity contribution in [1.29, 1.82) is 0 Å². The highest BCUT2D eigenvalue weighted by molar-refractivity contribution is 9.10. The van der Waals surface area contributed by atoms with Crippen molar-refractivity contribution < 1.29 is 9.84 Å². The molecule has 1 aromatic heterocycles. The lowest BCUT2D eigenvalue weighted by Gasteiger charge is -2.14. The van der Waals surface area contributed by atoms with Crippen LogP contribution in [0.3, 0.4) is 0 Å². The van der Waals surface area contributed by atoms with Gasteiger partial charge in [-0.1, -0.05) is 22.0 Å². The summed E-state index contributed by atoms with van der Waals surface area (Å²) in [6.45, 7) is 1.95. The Morgan fingerprint density at radius 3 is 2.84 bits per heavy atom. The Balaban J connectivity index is 2.24. The summed E-state index contributed by atoms with van der Waals surface area (Å²) < 4.78 is 6.16. The minimum absolute atomic E-state index is 0.496. The number of aromatic nitrogens is 1. The molecule has 0 spiro atoms. The number of benzene rings is 1. The molecule has 1 N–H and O–H groups in total. The predicted molar refractivity (Wildman–Crippen MR) is 78.3 cm³/mol. The van der Waals surface area contributed by atoms with Crippen LogP contribution >= 0.6 is 15.9 Å². The molecule has 0 saturated heterocycles. The molecule has 2 rings (SSSR count).